The number of nitrogen functional groups attached to an aromatic ring is 1. The summed E-state index contributed by atoms with van der Waals surface area (Å²) in [6, 6.07) is 17.7. The highest BCUT2D eigenvalue weighted by atomic mass is 15.5. The van der Waals surface area contributed by atoms with E-state index in [-0.39, 0.29) is 0 Å². The third-order valence-electron chi connectivity index (χ3n) is 2.37. The smallest absolute Gasteiger partial charge is 0.0797 e. The molecular formula is C13H15N3. The number of benzene rings is 2. The van der Waals surface area contributed by atoms with Gasteiger partial charge in [0.2, 0.25) is 0 Å². The number of rotatable bonds is 3. The van der Waals surface area contributed by atoms with Gasteiger partial charge in [-0.2, -0.15) is 0 Å². The Morgan fingerprint density at radius 2 is 1.56 bits per heavy atom. The van der Waals surface area contributed by atoms with Crippen LogP contribution in [0.4, 0.5) is 17.1 Å². The van der Waals surface area contributed by atoms with Gasteiger partial charge >= 0.3 is 0 Å². The molecule has 0 aliphatic heterocycles. The number of para-hydroxylation sites is 3. The highest BCUT2D eigenvalue weighted by Crippen LogP contribution is 2.21. The van der Waals surface area contributed by atoms with Crippen molar-refractivity contribution in [3.8, 4) is 0 Å². The van der Waals surface area contributed by atoms with Crippen LogP contribution in [-0.2, 0) is 0 Å². The molecule has 0 spiro atoms. The molecule has 82 valence electrons. The van der Waals surface area contributed by atoms with Gasteiger partial charge in [0.15, 0.2) is 0 Å². The maximum atomic E-state index is 5.89. The van der Waals surface area contributed by atoms with Gasteiger partial charge in [-0.3, -0.25) is 10.4 Å². The fourth-order valence-corrected chi connectivity index (χ4v) is 1.56. The van der Waals surface area contributed by atoms with Crippen LogP contribution in [0.2, 0.25) is 0 Å². The van der Waals surface area contributed by atoms with E-state index < -0.39 is 0 Å². The fourth-order valence-electron chi connectivity index (χ4n) is 1.56. The van der Waals surface area contributed by atoms with Gasteiger partial charge in [-0.25, -0.2) is 0 Å². The lowest BCUT2D eigenvalue weighted by Crippen LogP contribution is -2.25. The third-order valence-corrected chi connectivity index (χ3v) is 2.37. The van der Waals surface area contributed by atoms with Crippen molar-refractivity contribution in [2.45, 2.75) is 0 Å². The summed E-state index contributed by atoms with van der Waals surface area (Å²) >= 11 is 0. The average molecular weight is 213 g/mol. The van der Waals surface area contributed by atoms with E-state index in [1.165, 1.54) is 0 Å². The first-order chi connectivity index (χ1) is 7.77. The molecule has 3 heteroatoms. The minimum atomic E-state index is 0.758. The topological polar surface area (TPSA) is 41.3 Å². The molecule has 0 aliphatic rings. The first-order valence-electron chi connectivity index (χ1n) is 5.17. The molecule has 16 heavy (non-hydrogen) atoms. The van der Waals surface area contributed by atoms with Crippen LogP contribution in [0.15, 0.2) is 54.6 Å². The summed E-state index contributed by atoms with van der Waals surface area (Å²) in [6.07, 6.45) is 0. The quantitative estimate of drug-likeness (QED) is 0.608. The van der Waals surface area contributed by atoms with Crippen molar-refractivity contribution >= 4 is 17.1 Å². The minimum Gasteiger partial charge on any atom is -0.397 e. The zero-order valence-corrected chi connectivity index (χ0v) is 9.22. The molecule has 0 aliphatic carbocycles. The van der Waals surface area contributed by atoms with E-state index in [0.717, 1.165) is 17.1 Å². The molecule has 0 saturated carbocycles. The second-order valence-electron chi connectivity index (χ2n) is 3.60. The van der Waals surface area contributed by atoms with Crippen LogP contribution in [0.3, 0.4) is 0 Å². The Kier molecular flexibility index (Phi) is 2.96. The van der Waals surface area contributed by atoms with Crippen molar-refractivity contribution in [3.05, 3.63) is 54.6 Å². The van der Waals surface area contributed by atoms with Crippen LogP contribution in [0.5, 0.6) is 0 Å². The summed E-state index contributed by atoms with van der Waals surface area (Å²) in [5, 5.41) is 1.91. The summed E-state index contributed by atoms with van der Waals surface area (Å²) in [6.45, 7) is 0. The van der Waals surface area contributed by atoms with Crippen molar-refractivity contribution in [1.82, 2.24) is 0 Å². The Morgan fingerprint density at radius 1 is 0.938 bits per heavy atom. The largest absolute Gasteiger partial charge is 0.397 e. The Balaban J connectivity index is 2.15. The zero-order chi connectivity index (χ0) is 11.4. The fraction of sp³-hybridized carbons (Fsp3) is 0.0769. The van der Waals surface area contributed by atoms with Crippen LogP contribution < -0.4 is 16.2 Å². The number of nitrogens with two attached hydrogens (primary N) is 1. The molecular weight excluding hydrogens is 198 g/mol. The zero-order valence-electron chi connectivity index (χ0n) is 9.22. The van der Waals surface area contributed by atoms with E-state index in [9.17, 15) is 0 Å². The molecule has 0 aromatic heterocycles. The summed E-state index contributed by atoms with van der Waals surface area (Å²) in [5.41, 5.74) is 11.9. The van der Waals surface area contributed by atoms with Crippen LogP contribution >= 0.6 is 0 Å². The van der Waals surface area contributed by atoms with Gasteiger partial charge in [0.05, 0.1) is 17.1 Å². The molecule has 2 aromatic carbocycles. The maximum absolute atomic E-state index is 5.89. The van der Waals surface area contributed by atoms with E-state index in [2.05, 4.69) is 5.43 Å². The van der Waals surface area contributed by atoms with Gasteiger partial charge in [-0.1, -0.05) is 30.3 Å². The number of hydrogen-bond acceptors (Lipinski definition) is 3. The lowest BCUT2D eigenvalue weighted by Gasteiger charge is -2.22. The summed E-state index contributed by atoms with van der Waals surface area (Å²) in [4.78, 5) is 0. The molecule has 0 bridgehead atoms. The number of hydrogen-bond donors (Lipinski definition) is 2. The lowest BCUT2D eigenvalue weighted by molar-refractivity contribution is 1.09. The Labute approximate surface area is 95.5 Å². The number of hydrazine groups is 1. The van der Waals surface area contributed by atoms with Crippen molar-refractivity contribution in [3.63, 3.8) is 0 Å². The normalized spacial score (nSPS) is 9.81. The predicted octanol–water partition coefficient (Wildman–Crippen LogP) is 2.73. The molecule has 2 aromatic rings. The van der Waals surface area contributed by atoms with Gasteiger partial charge in [0.25, 0.3) is 0 Å². The monoisotopic (exact) mass is 213 g/mol. The van der Waals surface area contributed by atoms with E-state index in [4.69, 9.17) is 5.73 Å². The third kappa shape index (κ3) is 2.25. The van der Waals surface area contributed by atoms with Gasteiger partial charge in [-0.15, -0.1) is 0 Å². The molecule has 0 unspecified atom stereocenters. The van der Waals surface area contributed by atoms with Gasteiger partial charge in [0, 0.05) is 7.05 Å². The Hall–Kier alpha value is -2.16. The summed E-state index contributed by atoms with van der Waals surface area (Å²) in [7, 11) is 1.94. The SMILES string of the molecule is CN(Nc1ccccc1)c1ccccc1N. The molecule has 3 nitrogen and oxygen atoms in total. The molecule has 0 heterocycles. The Morgan fingerprint density at radius 3 is 2.25 bits per heavy atom. The molecule has 0 radical (unpaired) electrons. The molecule has 2 rings (SSSR count). The van der Waals surface area contributed by atoms with Crippen molar-refractivity contribution in [1.29, 1.82) is 0 Å². The molecule has 0 fully saturated rings. The Bertz CT molecular complexity index is 454. The van der Waals surface area contributed by atoms with E-state index in [1.807, 2.05) is 66.7 Å². The molecule has 0 amide bonds. The maximum Gasteiger partial charge on any atom is 0.0797 e. The predicted molar refractivity (Wildman–Crippen MR) is 69.3 cm³/mol. The summed E-state index contributed by atoms with van der Waals surface area (Å²) in [5.74, 6) is 0. The second kappa shape index (κ2) is 4.57. The lowest BCUT2D eigenvalue weighted by atomic mass is 10.2. The molecule has 3 N–H and O–H groups in total. The summed E-state index contributed by atoms with van der Waals surface area (Å²) < 4.78 is 0. The number of anilines is 3. The second-order valence-corrected chi connectivity index (χ2v) is 3.60. The van der Waals surface area contributed by atoms with Crippen LogP contribution in [0, 0.1) is 0 Å². The van der Waals surface area contributed by atoms with Gasteiger partial charge in [-0.05, 0) is 24.3 Å². The number of nitrogens with one attached hydrogen (secondary N) is 1. The molecule has 0 saturated heterocycles. The highest BCUT2D eigenvalue weighted by Gasteiger charge is 2.03. The van der Waals surface area contributed by atoms with Crippen LogP contribution in [0.25, 0.3) is 0 Å². The first kappa shape index (κ1) is 10.4. The van der Waals surface area contributed by atoms with Crippen LogP contribution in [0.1, 0.15) is 0 Å². The van der Waals surface area contributed by atoms with Gasteiger partial charge < -0.3 is 5.73 Å². The van der Waals surface area contributed by atoms with Crippen LogP contribution in [-0.4, -0.2) is 7.05 Å². The van der Waals surface area contributed by atoms with E-state index >= 15 is 0 Å². The molecule has 0 atom stereocenters. The van der Waals surface area contributed by atoms with Gasteiger partial charge in [0.1, 0.15) is 0 Å². The average Bonchev–Trinajstić information content (AvgIpc) is 2.31. The van der Waals surface area contributed by atoms with Crippen molar-refractivity contribution < 1.29 is 0 Å². The van der Waals surface area contributed by atoms with E-state index in [1.54, 1.807) is 0 Å². The van der Waals surface area contributed by atoms with E-state index in [0.29, 0.717) is 0 Å². The van der Waals surface area contributed by atoms with Crippen molar-refractivity contribution in [2.24, 2.45) is 0 Å². The number of nitrogens with zero attached hydrogens (tertiary/aromatic N) is 1. The first-order valence-corrected chi connectivity index (χ1v) is 5.17. The minimum absolute atomic E-state index is 0.758. The highest BCUT2D eigenvalue weighted by molar-refractivity contribution is 5.69. The van der Waals surface area contributed by atoms with Crippen molar-refractivity contribution in [2.75, 3.05) is 23.2 Å². The standard InChI is InChI=1S/C13H15N3/c1-16(13-10-6-5-9-12(13)14)15-11-7-3-2-4-8-11/h2-10,15H,14H2,1H3.